The first-order chi connectivity index (χ1) is 12.4. The Hall–Kier alpha value is -2.35. The zero-order valence-electron chi connectivity index (χ0n) is 15.2. The van der Waals surface area contributed by atoms with Gasteiger partial charge < -0.3 is 9.67 Å². The van der Waals surface area contributed by atoms with Crippen molar-refractivity contribution in [2.75, 3.05) is 0 Å². The molecular formula is C19H22F4N2O2. The maximum atomic E-state index is 13.8. The average molecular weight is 386 g/mol. The molecule has 0 aliphatic heterocycles. The number of carbonyl (C=O) groups is 1. The number of hydrogen-bond acceptors (Lipinski definition) is 2. The largest absolute Gasteiger partial charge is 0.480 e. The molecular weight excluding hydrogens is 364 g/mol. The molecule has 0 bridgehead atoms. The third-order valence-corrected chi connectivity index (χ3v) is 4.17. The lowest BCUT2D eigenvalue weighted by molar-refractivity contribution is -0.164. The number of alkyl halides is 4. The summed E-state index contributed by atoms with van der Waals surface area (Å²) in [6.07, 6.45) is -3.50. The van der Waals surface area contributed by atoms with E-state index < -0.39 is 36.3 Å². The van der Waals surface area contributed by atoms with Crippen LogP contribution in [0.1, 0.15) is 31.9 Å². The van der Waals surface area contributed by atoms with E-state index in [1.54, 1.807) is 12.1 Å². The Morgan fingerprint density at radius 2 is 1.74 bits per heavy atom. The van der Waals surface area contributed by atoms with E-state index in [1.165, 1.54) is 12.1 Å². The average Bonchev–Trinajstić information content (AvgIpc) is 2.95. The second kappa shape index (κ2) is 7.72. The molecule has 2 rings (SSSR count). The monoisotopic (exact) mass is 386 g/mol. The van der Waals surface area contributed by atoms with Crippen LogP contribution in [0.2, 0.25) is 0 Å². The molecule has 2 N–H and O–H groups in total. The maximum Gasteiger partial charge on any atom is 0.407 e. The van der Waals surface area contributed by atoms with Crippen molar-refractivity contribution in [2.45, 2.75) is 44.2 Å². The van der Waals surface area contributed by atoms with Gasteiger partial charge in [0.1, 0.15) is 17.8 Å². The van der Waals surface area contributed by atoms with Crippen molar-refractivity contribution in [1.29, 1.82) is 0 Å². The van der Waals surface area contributed by atoms with Crippen molar-refractivity contribution in [3.8, 4) is 11.3 Å². The van der Waals surface area contributed by atoms with Crippen LogP contribution in [0.15, 0.2) is 42.6 Å². The van der Waals surface area contributed by atoms with E-state index in [9.17, 15) is 27.5 Å². The first kappa shape index (κ1) is 21.0. The Morgan fingerprint density at radius 1 is 1.15 bits per heavy atom. The van der Waals surface area contributed by atoms with E-state index in [4.69, 9.17) is 0 Å². The third kappa shape index (κ3) is 5.56. The zero-order valence-corrected chi connectivity index (χ0v) is 15.2. The minimum atomic E-state index is -4.74. The molecule has 2 atom stereocenters. The fourth-order valence-electron chi connectivity index (χ4n) is 2.89. The van der Waals surface area contributed by atoms with Gasteiger partial charge in [-0.1, -0.05) is 24.3 Å². The van der Waals surface area contributed by atoms with Crippen molar-refractivity contribution in [1.82, 2.24) is 9.88 Å². The molecule has 1 heterocycles. The van der Waals surface area contributed by atoms with Crippen LogP contribution in [0.3, 0.4) is 0 Å². The van der Waals surface area contributed by atoms with Crippen LogP contribution < -0.4 is 5.32 Å². The van der Waals surface area contributed by atoms with Gasteiger partial charge in [-0.05, 0) is 37.1 Å². The van der Waals surface area contributed by atoms with Gasteiger partial charge in [-0.2, -0.15) is 13.2 Å². The quantitative estimate of drug-likeness (QED) is 0.690. The highest BCUT2D eigenvalue weighted by molar-refractivity contribution is 5.73. The number of aliphatic carboxylic acids is 1. The summed E-state index contributed by atoms with van der Waals surface area (Å²) in [5.74, 6) is -1.53. The van der Waals surface area contributed by atoms with E-state index in [0.717, 1.165) is 25.1 Å². The summed E-state index contributed by atoms with van der Waals surface area (Å²) < 4.78 is 56.3. The molecule has 27 heavy (non-hydrogen) atoms. The number of aromatic nitrogens is 1. The van der Waals surface area contributed by atoms with Crippen LogP contribution in [0.5, 0.6) is 0 Å². The summed E-state index contributed by atoms with van der Waals surface area (Å²) in [6.45, 7) is 2.25. The van der Waals surface area contributed by atoms with Crippen molar-refractivity contribution in [3.05, 3.63) is 48.2 Å². The number of nitrogens with zero attached hydrogens (tertiary/aromatic N) is 1. The van der Waals surface area contributed by atoms with Crippen LogP contribution in [-0.4, -0.2) is 33.5 Å². The highest BCUT2D eigenvalue weighted by Gasteiger charge is 2.43. The summed E-state index contributed by atoms with van der Waals surface area (Å²) in [6, 6.07) is 5.44. The number of rotatable bonds is 7. The molecule has 148 valence electrons. The number of aryl methyl sites for hydroxylation is 1. The molecule has 0 radical (unpaired) electrons. The van der Waals surface area contributed by atoms with E-state index in [1.807, 2.05) is 29.9 Å². The van der Waals surface area contributed by atoms with Crippen LogP contribution in [0.25, 0.3) is 11.3 Å². The molecule has 0 unspecified atom stereocenters. The fraction of sp³-hybridized carbons (Fsp3) is 0.421. The van der Waals surface area contributed by atoms with Gasteiger partial charge >= 0.3 is 12.1 Å². The van der Waals surface area contributed by atoms with Crippen molar-refractivity contribution in [3.63, 3.8) is 0 Å². The summed E-state index contributed by atoms with van der Waals surface area (Å²) in [5.41, 5.74) is -0.501. The summed E-state index contributed by atoms with van der Waals surface area (Å²) in [4.78, 5) is 11.3. The molecule has 2 aromatic rings. The number of carboxylic acids is 1. The normalized spacial score (nSPS) is 14.8. The van der Waals surface area contributed by atoms with Crippen molar-refractivity contribution in [2.24, 2.45) is 7.05 Å². The lowest BCUT2D eigenvalue weighted by atomic mass is 9.97. The van der Waals surface area contributed by atoms with Gasteiger partial charge in [-0.3, -0.25) is 10.1 Å². The van der Waals surface area contributed by atoms with Gasteiger partial charge in [-0.15, -0.1) is 0 Å². The van der Waals surface area contributed by atoms with Crippen molar-refractivity contribution < 1.29 is 27.5 Å². The highest BCUT2D eigenvalue weighted by atomic mass is 19.4. The molecule has 0 saturated heterocycles. The number of carboxylic acid groups (broad SMARTS) is 1. The van der Waals surface area contributed by atoms with Gasteiger partial charge in [0.2, 0.25) is 0 Å². The van der Waals surface area contributed by atoms with Gasteiger partial charge in [-0.25, -0.2) is 4.39 Å². The van der Waals surface area contributed by atoms with Crippen LogP contribution >= 0.6 is 0 Å². The molecule has 1 aromatic heterocycles. The first-order valence-corrected chi connectivity index (χ1v) is 8.34. The minimum absolute atomic E-state index is 0.136. The Morgan fingerprint density at radius 3 is 2.15 bits per heavy atom. The molecule has 0 amide bonds. The second-order valence-electron chi connectivity index (χ2n) is 7.08. The molecule has 0 spiro atoms. The number of halogens is 4. The summed E-state index contributed by atoms with van der Waals surface area (Å²) in [7, 11) is 1.82. The Labute approximate surface area is 154 Å². The zero-order chi connectivity index (χ0) is 20.4. The first-order valence-electron chi connectivity index (χ1n) is 8.34. The maximum absolute atomic E-state index is 13.8. The predicted molar refractivity (Wildman–Crippen MR) is 94.0 cm³/mol. The van der Waals surface area contributed by atoms with Crippen LogP contribution in [0, 0.1) is 0 Å². The number of hydrogen-bond donors (Lipinski definition) is 2. The highest BCUT2D eigenvalue weighted by Crippen LogP contribution is 2.35. The Bertz CT molecular complexity index is 776. The van der Waals surface area contributed by atoms with Gasteiger partial charge in [0.25, 0.3) is 0 Å². The molecule has 0 aliphatic carbocycles. The number of benzene rings is 1. The smallest absolute Gasteiger partial charge is 0.407 e. The minimum Gasteiger partial charge on any atom is -0.480 e. The lowest BCUT2D eigenvalue weighted by Crippen LogP contribution is -2.47. The van der Waals surface area contributed by atoms with Gasteiger partial charge in [0.15, 0.2) is 0 Å². The Balaban J connectivity index is 2.31. The Kier molecular flexibility index (Phi) is 5.99. The molecule has 0 aliphatic rings. The molecule has 4 nitrogen and oxygen atoms in total. The molecule has 1 aromatic carbocycles. The fourth-order valence-corrected chi connectivity index (χ4v) is 2.89. The third-order valence-electron chi connectivity index (χ3n) is 4.17. The van der Waals surface area contributed by atoms with Crippen LogP contribution in [-0.2, 0) is 11.8 Å². The SMILES string of the molecule is Cn1cccc1-c1ccc([C@H](N[C@@H](CC(C)(C)F)C(=O)O)C(F)(F)F)cc1. The van der Waals surface area contributed by atoms with E-state index in [2.05, 4.69) is 5.32 Å². The summed E-state index contributed by atoms with van der Waals surface area (Å²) in [5, 5.41) is 11.3. The number of nitrogens with one attached hydrogen (secondary N) is 1. The summed E-state index contributed by atoms with van der Waals surface area (Å²) >= 11 is 0. The van der Waals surface area contributed by atoms with E-state index >= 15 is 0 Å². The predicted octanol–water partition coefficient (Wildman–Crippen LogP) is 4.48. The van der Waals surface area contributed by atoms with Gasteiger partial charge in [0.05, 0.1) is 0 Å². The topological polar surface area (TPSA) is 54.3 Å². The van der Waals surface area contributed by atoms with Crippen molar-refractivity contribution >= 4 is 5.97 Å². The molecule has 8 heteroatoms. The molecule has 0 fully saturated rings. The van der Waals surface area contributed by atoms with E-state index in [-0.39, 0.29) is 5.56 Å². The molecule has 0 saturated carbocycles. The standard InChI is InChI=1S/C19H22F4N2O2/c1-18(2,20)11-14(17(26)27)24-16(19(21,22)23)13-8-6-12(7-9-13)15-5-4-10-25(15)3/h4-10,14,16,24H,11H2,1-3H3,(H,26,27)/t14-,16-/m0/s1. The second-order valence-corrected chi connectivity index (χ2v) is 7.08. The van der Waals surface area contributed by atoms with E-state index in [0.29, 0.717) is 0 Å². The van der Waals surface area contributed by atoms with Gasteiger partial charge in [0, 0.05) is 25.4 Å². The lowest BCUT2D eigenvalue weighted by Gasteiger charge is -2.28. The van der Waals surface area contributed by atoms with Crippen LogP contribution in [0.4, 0.5) is 17.6 Å².